The Bertz CT molecular complexity index is 1220. The highest BCUT2D eigenvalue weighted by molar-refractivity contribution is 5.88. The van der Waals surface area contributed by atoms with Gasteiger partial charge in [0.05, 0.1) is 6.04 Å². The number of benzene rings is 2. The van der Waals surface area contributed by atoms with E-state index in [2.05, 4.69) is 48.5 Å². The van der Waals surface area contributed by atoms with Crippen molar-refractivity contribution in [3.05, 3.63) is 71.3 Å². The largest absolute Gasteiger partial charge is 0.370 e. The van der Waals surface area contributed by atoms with Gasteiger partial charge in [-0.25, -0.2) is 0 Å². The van der Waals surface area contributed by atoms with E-state index in [-0.39, 0.29) is 23.2 Å². The van der Waals surface area contributed by atoms with E-state index in [1.807, 2.05) is 42.5 Å². The van der Waals surface area contributed by atoms with Gasteiger partial charge in [0.15, 0.2) is 5.96 Å². The number of hydrogen-bond donors (Lipinski definition) is 7. The third-order valence-corrected chi connectivity index (χ3v) is 7.84. The maximum atomic E-state index is 13.8. The first kappa shape index (κ1) is 37.2. The molecule has 0 saturated heterocycles. The van der Waals surface area contributed by atoms with Crippen LogP contribution in [0.1, 0.15) is 76.0 Å². The molecule has 3 amide bonds. The second-order valence-electron chi connectivity index (χ2n) is 12.8. The second-order valence-corrected chi connectivity index (χ2v) is 12.8. The van der Waals surface area contributed by atoms with Gasteiger partial charge >= 0.3 is 0 Å². The lowest BCUT2D eigenvalue weighted by molar-refractivity contribution is -0.130. The molecule has 12 N–H and O–H groups in total. The Morgan fingerprint density at radius 2 is 1.44 bits per heavy atom. The minimum Gasteiger partial charge on any atom is -0.370 e. The van der Waals surface area contributed by atoms with Gasteiger partial charge < -0.3 is 39.3 Å². The van der Waals surface area contributed by atoms with Crippen molar-refractivity contribution in [2.75, 3.05) is 13.1 Å². The van der Waals surface area contributed by atoms with Crippen LogP contribution in [-0.4, -0.2) is 54.9 Å². The normalized spacial score (nSPS) is 14.1. The van der Waals surface area contributed by atoms with Crippen LogP contribution < -0.4 is 39.3 Å². The Hall–Kier alpha value is -3.96. The summed E-state index contributed by atoms with van der Waals surface area (Å²) in [5, 5.41) is 5.96. The molecule has 0 aliphatic rings. The lowest BCUT2D eigenvalue weighted by Gasteiger charge is -2.27. The molecular formula is C34H54N8O3. The van der Waals surface area contributed by atoms with E-state index < -0.39 is 30.0 Å². The zero-order chi connectivity index (χ0) is 33.4. The number of amides is 3. The smallest absolute Gasteiger partial charge is 0.239 e. The molecule has 0 saturated carbocycles. The molecule has 0 aliphatic carbocycles. The van der Waals surface area contributed by atoms with Crippen molar-refractivity contribution in [1.82, 2.24) is 10.6 Å². The van der Waals surface area contributed by atoms with E-state index in [0.29, 0.717) is 58.0 Å². The van der Waals surface area contributed by atoms with Crippen molar-refractivity contribution in [2.45, 2.75) is 95.7 Å². The monoisotopic (exact) mass is 622 g/mol. The molecule has 0 bridgehead atoms. The number of carbonyl (C=O) groups is 3. The highest BCUT2D eigenvalue weighted by Gasteiger charge is 2.29. The number of nitrogens with two attached hydrogens (primary N) is 5. The lowest BCUT2D eigenvalue weighted by Crippen LogP contribution is -2.50. The summed E-state index contributed by atoms with van der Waals surface area (Å²) < 4.78 is 0. The lowest BCUT2D eigenvalue weighted by atomic mass is 9.85. The van der Waals surface area contributed by atoms with Crippen molar-refractivity contribution in [1.29, 1.82) is 0 Å². The molecule has 11 nitrogen and oxygen atoms in total. The first-order valence-electron chi connectivity index (χ1n) is 15.8. The van der Waals surface area contributed by atoms with Crippen LogP contribution >= 0.6 is 0 Å². The molecule has 4 atom stereocenters. The molecular weight excluding hydrogens is 568 g/mol. The summed E-state index contributed by atoms with van der Waals surface area (Å²) in [4.78, 5) is 43.4. The summed E-state index contributed by atoms with van der Waals surface area (Å²) in [6, 6.07) is 15.8. The summed E-state index contributed by atoms with van der Waals surface area (Å²) in [5.74, 6) is -1.79. The second kappa shape index (κ2) is 18.8. The molecule has 0 aliphatic heterocycles. The van der Waals surface area contributed by atoms with Crippen molar-refractivity contribution >= 4 is 23.7 Å². The maximum Gasteiger partial charge on any atom is 0.239 e. The maximum absolute atomic E-state index is 13.8. The van der Waals surface area contributed by atoms with Gasteiger partial charge in [-0.1, -0.05) is 75.4 Å². The summed E-state index contributed by atoms with van der Waals surface area (Å²) in [5.41, 5.74) is 31.7. The molecule has 0 unspecified atom stereocenters. The fourth-order valence-corrected chi connectivity index (χ4v) is 5.18. The number of hydrogen-bond acceptors (Lipinski definition) is 6. The van der Waals surface area contributed by atoms with Gasteiger partial charge in [0.25, 0.3) is 0 Å². The number of guanidine groups is 1. The van der Waals surface area contributed by atoms with Crippen LogP contribution in [0.4, 0.5) is 0 Å². The summed E-state index contributed by atoms with van der Waals surface area (Å²) >= 11 is 0. The number of unbranched alkanes of at least 4 members (excludes halogenated alkanes) is 1. The molecule has 0 fully saturated rings. The fraction of sp³-hybridized carbons (Fsp3) is 0.529. The van der Waals surface area contributed by atoms with Crippen molar-refractivity contribution < 1.29 is 14.4 Å². The van der Waals surface area contributed by atoms with Crippen LogP contribution in [0, 0.1) is 5.92 Å². The molecule has 248 valence electrons. The zero-order valence-electron chi connectivity index (χ0n) is 27.1. The van der Waals surface area contributed by atoms with Crippen LogP contribution in [-0.2, 0) is 32.6 Å². The van der Waals surface area contributed by atoms with Crippen molar-refractivity contribution in [3.8, 4) is 0 Å². The number of rotatable bonds is 19. The van der Waals surface area contributed by atoms with E-state index in [9.17, 15) is 14.4 Å². The Labute approximate surface area is 268 Å². The van der Waals surface area contributed by atoms with Crippen LogP contribution in [0.3, 0.4) is 0 Å². The van der Waals surface area contributed by atoms with Crippen LogP contribution in [0.5, 0.6) is 0 Å². The fourth-order valence-electron chi connectivity index (χ4n) is 5.18. The number of primary amides is 1. The SMILES string of the molecule is CC(C)(C)c1ccc(C[C@@H](C[C@@H](CCCN=C(N)N)NC(=O)[C@@H](N)Cc2ccccc2)C(=O)N[C@@H](CCCCN)C(N)=O)cc1. The van der Waals surface area contributed by atoms with Gasteiger partial charge in [0, 0.05) is 18.5 Å². The highest BCUT2D eigenvalue weighted by Crippen LogP contribution is 2.24. The van der Waals surface area contributed by atoms with Gasteiger partial charge in [-0.3, -0.25) is 19.4 Å². The topological polar surface area (TPSA) is 218 Å². The predicted octanol–water partition coefficient (Wildman–Crippen LogP) is 1.74. The predicted molar refractivity (Wildman–Crippen MR) is 181 cm³/mol. The van der Waals surface area contributed by atoms with E-state index in [4.69, 9.17) is 28.7 Å². The Morgan fingerprint density at radius 1 is 0.800 bits per heavy atom. The summed E-state index contributed by atoms with van der Waals surface area (Å²) in [6.07, 6.45) is 3.96. The summed E-state index contributed by atoms with van der Waals surface area (Å²) in [6.45, 7) is 7.29. The van der Waals surface area contributed by atoms with Crippen LogP contribution in [0.25, 0.3) is 0 Å². The van der Waals surface area contributed by atoms with E-state index >= 15 is 0 Å². The van der Waals surface area contributed by atoms with Gasteiger partial charge in [-0.2, -0.15) is 0 Å². The third kappa shape index (κ3) is 14.1. The molecule has 0 radical (unpaired) electrons. The highest BCUT2D eigenvalue weighted by atomic mass is 16.2. The van der Waals surface area contributed by atoms with E-state index in [1.54, 1.807) is 0 Å². The van der Waals surface area contributed by atoms with Gasteiger partial charge in [-0.05, 0) is 80.0 Å². The number of nitrogens with one attached hydrogen (secondary N) is 2. The van der Waals surface area contributed by atoms with E-state index in [0.717, 1.165) is 17.5 Å². The summed E-state index contributed by atoms with van der Waals surface area (Å²) in [7, 11) is 0. The molecule has 0 heterocycles. The minimum atomic E-state index is -0.816. The van der Waals surface area contributed by atoms with Crippen molar-refractivity contribution in [3.63, 3.8) is 0 Å². The number of aliphatic imine (C=N–C) groups is 1. The Kier molecular flexibility index (Phi) is 15.5. The molecule has 45 heavy (non-hydrogen) atoms. The molecule has 2 rings (SSSR count). The number of nitrogens with zero attached hydrogens (tertiary/aromatic N) is 1. The van der Waals surface area contributed by atoms with Crippen LogP contribution in [0.15, 0.2) is 59.6 Å². The van der Waals surface area contributed by atoms with Gasteiger partial charge in [0.1, 0.15) is 6.04 Å². The van der Waals surface area contributed by atoms with Crippen molar-refractivity contribution in [2.24, 2.45) is 39.6 Å². The molecule has 2 aromatic rings. The first-order chi connectivity index (χ1) is 21.3. The first-order valence-corrected chi connectivity index (χ1v) is 15.8. The van der Waals surface area contributed by atoms with Gasteiger partial charge in [-0.15, -0.1) is 0 Å². The quantitative estimate of drug-likeness (QED) is 0.0698. The standard InChI is InChI=1S/C34H54N8O3/c1-34(2,3)26-16-14-24(15-17-26)20-25(31(44)42-29(30(37)43)13-7-8-18-35)22-27(12-9-19-40-33(38)39)41-32(45)28(36)21-23-10-5-4-6-11-23/h4-6,10-11,14-17,25,27-29H,7-9,12-13,18-22,35-36H2,1-3H3,(H2,37,43)(H,41,45)(H,42,44)(H4,38,39,40)/t25-,27+,28-,29-/m0/s1. The molecule has 0 spiro atoms. The average molecular weight is 623 g/mol. The third-order valence-electron chi connectivity index (χ3n) is 7.84. The molecule has 11 heteroatoms. The van der Waals surface area contributed by atoms with Gasteiger partial charge in [0.2, 0.25) is 17.7 Å². The minimum absolute atomic E-state index is 0.0106. The Morgan fingerprint density at radius 3 is 2.02 bits per heavy atom. The molecule has 2 aromatic carbocycles. The zero-order valence-corrected chi connectivity index (χ0v) is 27.1. The van der Waals surface area contributed by atoms with E-state index in [1.165, 1.54) is 5.56 Å². The average Bonchev–Trinajstić information content (AvgIpc) is 2.98. The number of carbonyl (C=O) groups excluding carboxylic acids is 3. The van der Waals surface area contributed by atoms with Crippen LogP contribution in [0.2, 0.25) is 0 Å². The Balaban J connectivity index is 2.31. The molecule has 0 aromatic heterocycles.